The number of para-hydroxylation sites is 1. The molecule has 0 bridgehead atoms. The predicted molar refractivity (Wildman–Crippen MR) is 117 cm³/mol. The van der Waals surface area contributed by atoms with Crippen molar-refractivity contribution in [2.45, 2.75) is 17.4 Å². The van der Waals surface area contributed by atoms with E-state index in [1.165, 1.54) is 29.3 Å². The molecular weight excluding hydrogens is 414 g/mol. The number of ether oxygens (including phenoxy) is 1. The van der Waals surface area contributed by atoms with Crippen LogP contribution < -0.4 is 9.88 Å². The van der Waals surface area contributed by atoms with Gasteiger partial charge in [-0.15, -0.1) is 0 Å². The van der Waals surface area contributed by atoms with Crippen LogP contribution in [-0.4, -0.2) is 32.2 Å². The number of rotatable bonds is 5. The first kappa shape index (κ1) is 20.8. The van der Waals surface area contributed by atoms with Gasteiger partial charge in [-0.2, -0.15) is 5.10 Å². The van der Waals surface area contributed by atoms with Crippen LogP contribution in [0.25, 0.3) is 0 Å². The van der Waals surface area contributed by atoms with E-state index in [-0.39, 0.29) is 16.8 Å². The summed E-state index contributed by atoms with van der Waals surface area (Å²) >= 11 is 0. The third-order valence-corrected chi connectivity index (χ3v) is 6.08. The molecule has 0 aliphatic carbocycles. The molecule has 3 aromatic rings. The minimum absolute atomic E-state index is 0.0553. The first-order chi connectivity index (χ1) is 14.9. The summed E-state index contributed by atoms with van der Waals surface area (Å²) in [5, 5.41) is 11.2. The molecule has 0 radical (unpaired) electrons. The molecule has 1 unspecified atom stereocenters. The van der Waals surface area contributed by atoms with Gasteiger partial charge < -0.3 is 4.74 Å². The molecule has 1 aliphatic rings. The Kier molecular flexibility index (Phi) is 5.58. The van der Waals surface area contributed by atoms with Gasteiger partial charge in [0.15, 0.2) is 0 Å². The van der Waals surface area contributed by atoms with Crippen LogP contribution in [0, 0.1) is 0 Å². The van der Waals surface area contributed by atoms with Crippen LogP contribution >= 0.6 is 0 Å². The number of methoxy groups -OCH3 is 1. The fourth-order valence-corrected chi connectivity index (χ4v) is 4.12. The number of amides is 1. The second-order valence-corrected chi connectivity index (χ2v) is 8.66. The maximum Gasteiger partial charge on any atom is 0.274 e. The number of sulfonamides is 1. The number of nitrogens with two attached hydrogens (primary N) is 1. The Balaban J connectivity index is 1.74. The number of nitrogens with zero attached hydrogens (tertiary/aromatic N) is 2. The number of hydrazone groups is 1. The lowest BCUT2D eigenvalue weighted by molar-refractivity contribution is 0.0709. The summed E-state index contributed by atoms with van der Waals surface area (Å²) in [7, 11) is -2.25. The molecule has 0 aromatic heterocycles. The Morgan fingerprint density at radius 2 is 1.65 bits per heavy atom. The van der Waals surface area contributed by atoms with Crippen molar-refractivity contribution in [3.8, 4) is 5.75 Å². The van der Waals surface area contributed by atoms with Crippen LogP contribution in [0.15, 0.2) is 88.9 Å². The predicted octanol–water partition coefficient (Wildman–Crippen LogP) is 3.33. The van der Waals surface area contributed by atoms with Crippen LogP contribution in [0.3, 0.4) is 0 Å². The van der Waals surface area contributed by atoms with E-state index >= 15 is 0 Å². The Labute approximate surface area is 180 Å². The first-order valence-corrected chi connectivity index (χ1v) is 11.2. The van der Waals surface area contributed by atoms with E-state index in [2.05, 4.69) is 5.10 Å². The van der Waals surface area contributed by atoms with Crippen molar-refractivity contribution >= 4 is 21.6 Å². The second kappa shape index (κ2) is 8.33. The quantitative estimate of drug-likeness (QED) is 0.664. The van der Waals surface area contributed by atoms with Crippen molar-refractivity contribution in [1.82, 2.24) is 5.01 Å². The molecule has 0 saturated heterocycles. The second-order valence-electron chi connectivity index (χ2n) is 7.09. The average Bonchev–Trinajstić information content (AvgIpc) is 3.24. The van der Waals surface area contributed by atoms with Gasteiger partial charge in [0.25, 0.3) is 5.91 Å². The van der Waals surface area contributed by atoms with Gasteiger partial charge >= 0.3 is 0 Å². The van der Waals surface area contributed by atoms with Crippen molar-refractivity contribution < 1.29 is 17.9 Å². The highest BCUT2D eigenvalue weighted by molar-refractivity contribution is 7.89. The Morgan fingerprint density at radius 3 is 2.29 bits per heavy atom. The standard InChI is InChI=1S/C23H21N3O4S/c1-30-22-10-6-5-9-19(22)21-15-20(16-7-3-2-4-8-16)25-26(21)23(27)17-11-13-18(14-12-17)31(24,28)29/h2-14,21H,15H2,1H3,(H2,24,28,29). The van der Waals surface area contributed by atoms with Crippen molar-refractivity contribution in [3.63, 3.8) is 0 Å². The summed E-state index contributed by atoms with van der Waals surface area (Å²) in [5.74, 6) is 0.321. The smallest absolute Gasteiger partial charge is 0.274 e. The van der Waals surface area contributed by atoms with E-state index in [9.17, 15) is 13.2 Å². The Morgan fingerprint density at radius 1 is 1.00 bits per heavy atom. The molecule has 1 aliphatic heterocycles. The minimum Gasteiger partial charge on any atom is -0.496 e. The van der Waals surface area contributed by atoms with E-state index < -0.39 is 10.0 Å². The average molecular weight is 436 g/mol. The summed E-state index contributed by atoms with van der Waals surface area (Å²) in [4.78, 5) is 13.3. The molecule has 2 N–H and O–H groups in total. The van der Waals surface area contributed by atoms with E-state index in [0.29, 0.717) is 17.7 Å². The highest BCUT2D eigenvalue weighted by atomic mass is 32.2. The Bertz CT molecular complexity index is 1240. The number of primary sulfonamides is 1. The molecule has 3 aromatic carbocycles. The van der Waals surface area contributed by atoms with E-state index in [0.717, 1.165) is 16.8 Å². The highest BCUT2D eigenvalue weighted by Crippen LogP contribution is 2.38. The highest BCUT2D eigenvalue weighted by Gasteiger charge is 2.35. The molecule has 0 fully saturated rings. The van der Waals surface area contributed by atoms with E-state index in [1.54, 1.807) is 7.11 Å². The zero-order valence-electron chi connectivity index (χ0n) is 16.8. The lowest BCUT2D eigenvalue weighted by Gasteiger charge is -2.23. The van der Waals surface area contributed by atoms with Crippen LogP contribution in [-0.2, 0) is 10.0 Å². The van der Waals surface area contributed by atoms with Gasteiger partial charge in [-0.25, -0.2) is 18.6 Å². The van der Waals surface area contributed by atoms with Gasteiger partial charge in [0.05, 0.1) is 23.8 Å². The normalized spacial score (nSPS) is 16.1. The lowest BCUT2D eigenvalue weighted by Crippen LogP contribution is -2.27. The van der Waals surface area contributed by atoms with Crippen molar-refractivity contribution in [1.29, 1.82) is 0 Å². The number of carbonyl (C=O) groups excluding carboxylic acids is 1. The third kappa shape index (κ3) is 4.21. The van der Waals surface area contributed by atoms with Crippen LogP contribution in [0.2, 0.25) is 0 Å². The minimum atomic E-state index is -3.84. The number of hydrogen-bond donors (Lipinski definition) is 1. The maximum absolute atomic E-state index is 13.4. The fraction of sp³-hybridized carbons (Fsp3) is 0.130. The molecular formula is C23H21N3O4S. The summed E-state index contributed by atoms with van der Waals surface area (Å²) in [6, 6.07) is 22.3. The molecule has 0 saturated carbocycles. The molecule has 0 spiro atoms. The summed E-state index contributed by atoms with van der Waals surface area (Å²) < 4.78 is 28.6. The summed E-state index contributed by atoms with van der Waals surface area (Å²) in [6.45, 7) is 0. The monoisotopic (exact) mass is 435 g/mol. The van der Waals surface area contributed by atoms with Crippen LogP contribution in [0.5, 0.6) is 5.75 Å². The van der Waals surface area contributed by atoms with Gasteiger partial charge in [0.2, 0.25) is 10.0 Å². The lowest BCUT2D eigenvalue weighted by atomic mass is 9.97. The van der Waals surface area contributed by atoms with Gasteiger partial charge in [0, 0.05) is 17.5 Å². The van der Waals surface area contributed by atoms with Gasteiger partial charge in [-0.1, -0.05) is 48.5 Å². The number of hydrogen-bond acceptors (Lipinski definition) is 5. The van der Waals surface area contributed by atoms with Crippen LogP contribution in [0.1, 0.15) is 33.9 Å². The number of benzene rings is 3. The molecule has 1 heterocycles. The van der Waals surface area contributed by atoms with Gasteiger partial charge in [-0.05, 0) is 35.9 Å². The maximum atomic E-state index is 13.4. The molecule has 4 rings (SSSR count). The van der Waals surface area contributed by atoms with Crippen molar-refractivity contribution in [2.75, 3.05) is 7.11 Å². The fourth-order valence-electron chi connectivity index (χ4n) is 3.61. The largest absolute Gasteiger partial charge is 0.496 e. The Hall–Kier alpha value is -3.49. The molecule has 8 heteroatoms. The zero-order valence-corrected chi connectivity index (χ0v) is 17.6. The van der Waals surface area contributed by atoms with Gasteiger partial charge in [0.1, 0.15) is 5.75 Å². The molecule has 158 valence electrons. The molecule has 31 heavy (non-hydrogen) atoms. The van der Waals surface area contributed by atoms with Crippen LogP contribution in [0.4, 0.5) is 0 Å². The molecule has 7 nitrogen and oxygen atoms in total. The third-order valence-electron chi connectivity index (χ3n) is 5.15. The number of carbonyl (C=O) groups is 1. The molecule has 1 atom stereocenters. The van der Waals surface area contributed by atoms with Gasteiger partial charge in [-0.3, -0.25) is 4.79 Å². The van der Waals surface area contributed by atoms with Crippen molar-refractivity contribution in [2.24, 2.45) is 10.2 Å². The van der Waals surface area contributed by atoms with E-state index in [4.69, 9.17) is 9.88 Å². The topological polar surface area (TPSA) is 102 Å². The SMILES string of the molecule is COc1ccccc1C1CC(c2ccccc2)=NN1C(=O)c1ccc(S(N)(=O)=O)cc1. The molecule has 1 amide bonds. The summed E-state index contributed by atoms with van der Waals surface area (Å²) in [5.41, 5.74) is 2.87. The first-order valence-electron chi connectivity index (χ1n) is 9.60. The zero-order chi connectivity index (χ0) is 22.0. The van der Waals surface area contributed by atoms with E-state index in [1.807, 2.05) is 54.6 Å². The summed E-state index contributed by atoms with van der Waals surface area (Å²) in [6.07, 6.45) is 0.519. The van der Waals surface area contributed by atoms with Crippen molar-refractivity contribution in [3.05, 3.63) is 95.6 Å².